The second kappa shape index (κ2) is 7.36. The molecule has 1 atom stereocenters. The average Bonchev–Trinajstić information content (AvgIpc) is 2.30. The van der Waals surface area contributed by atoms with Gasteiger partial charge >= 0.3 is 0 Å². The molecule has 0 spiro atoms. The quantitative estimate of drug-likeness (QED) is 0.880. The number of benzene rings is 1. The molecule has 1 aliphatic heterocycles. The van der Waals surface area contributed by atoms with Gasteiger partial charge in [0.2, 0.25) is 5.91 Å². The van der Waals surface area contributed by atoms with Gasteiger partial charge in [0.15, 0.2) is 0 Å². The minimum atomic E-state index is 0. The molecule has 1 fully saturated rings. The number of nitrogens with one attached hydrogen (secondary N) is 2. The molecule has 0 saturated carbocycles. The molecule has 1 aromatic carbocycles. The van der Waals surface area contributed by atoms with Crippen LogP contribution in [0.4, 0.5) is 5.69 Å². The van der Waals surface area contributed by atoms with Crippen LogP contribution in [0.1, 0.15) is 12.0 Å². The molecule has 2 rings (SSSR count). The molecule has 1 unspecified atom stereocenters. The molecule has 2 N–H and O–H groups in total. The van der Waals surface area contributed by atoms with Gasteiger partial charge < -0.3 is 15.4 Å². The Morgan fingerprint density at radius 1 is 1.56 bits per heavy atom. The molecule has 100 valence electrons. The standard InChI is InChI=1S/C13H18N2O2.ClH/c1-10-3-2-4-11(7-10)15-13(16)8-12-9-17-6-5-14-12;/h2-4,7,12,14H,5-6,8-9H2,1H3,(H,15,16);1H. The second-order valence-corrected chi connectivity index (χ2v) is 4.35. The number of carbonyl (C=O) groups is 1. The van der Waals surface area contributed by atoms with Gasteiger partial charge in [-0.25, -0.2) is 0 Å². The molecule has 4 nitrogen and oxygen atoms in total. The minimum absolute atomic E-state index is 0. The van der Waals surface area contributed by atoms with Gasteiger partial charge in [0.05, 0.1) is 13.2 Å². The number of hydrogen-bond donors (Lipinski definition) is 2. The minimum Gasteiger partial charge on any atom is -0.378 e. The second-order valence-electron chi connectivity index (χ2n) is 4.35. The van der Waals surface area contributed by atoms with Crippen molar-refractivity contribution in [1.29, 1.82) is 0 Å². The van der Waals surface area contributed by atoms with Crippen LogP contribution in [0.2, 0.25) is 0 Å². The summed E-state index contributed by atoms with van der Waals surface area (Å²) in [6, 6.07) is 7.94. The maximum absolute atomic E-state index is 11.8. The van der Waals surface area contributed by atoms with Gasteiger partial charge in [0.1, 0.15) is 0 Å². The number of morpholine rings is 1. The van der Waals surface area contributed by atoms with Crippen LogP contribution in [0.3, 0.4) is 0 Å². The Morgan fingerprint density at radius 3 is 3.06 bits per heavy atom. The van der Waals surface area contributed by atoms with Gasteiger partial charge in [-0.15, -0.1) is 12.4 Å². The van der Waals surface area contributed by atoms with E-state index >= 15 is 0 Å². The van der Waals surface area contributed by atoms with Crippen molar-refractivity contribution in [2.45, 2.75) is 19.4 Å². The molecule has 1 amide bonds. The predicted octanol–water partition coefficient (Wildman–Crippen LogP) is 1.73. The van der Waals surface area contributed by atoms with Crippen molar-refractivity contribution >= 4 is 24.0 Å². The maximum atomic E-state index is 11.8. The van der Waals surface area contributed by atoms with Crippen LogP contribution in [0.25, 0.3) is 0 Å². The first-order valence-corrected chi connectivity index (χ1v) is 5.92. The zero-order valence-electron chi connectivity index (χ0n) is 10.4. The SMILES string of the molecule is Cc1cccc(NC(=O)CC2COCCN2)c1.Cl. The molecule has 0 radical (unpaired) electrons. The predicted molar refractivity (Wildman–Crippen MR) is 74.3 cm³/mol. The smallest absolute Gasteiger partial charge is 0.226 e. The first kappa shape index (κ1) is 15.0. The van der Waals surface area contributed by atoms with Crippen molar-refractivity contribution in [1.82, 2.24) is 5.32 Å². The molecule has 1 saturated heterocycles. The lowest BCUT2D eigenvalue weighted by molar-refractivity contribution is -0.117. The van der Waals surface area contributed by atoms with E-state index in [2.05, 4.69) is 10.6 Å². The molecular weight excluding hydrogens is 252 g/mol. The van der Waals surface area contributed by atoms with Crippen LogP contribution >= 0.6 is 12.4 Å². The number of hydrogen-bond acceptors (Lipinski definition) is 3. The highest BCUT2D eigenvalue weighted by Crippen LogP contribution is 2.10. The average molecular weight is 271 g/mol. The summed E-state index contributed by atoms with van der Waals surface area (Å²) in [7, 11) is 0. The fourth-order valence-electron chi connectivity index (χ4n) is 1.91. The Morgan fingerprint density at radius 2 is 2.39 bits per heavy atom. The summed E-state index contributed by atoms with van der Waals surface area (Å²) >= 11 is 0. The first-order valence-electron chi connectivity index (χ1n) is 5.92. The van der Waals surface area contributed by atoms with E-state index in [0.29, 0.717) is 13.0 Å². The molecule has 1 heterocycles. The molecular formula is C13H19ClN2O2. The monoisotopic (exact) mass is 270 g/mol. The van der Waals surface area contributed by atoms with E-state index in [1.54, 1.807) is 0 Å². The Balaban J connectivity index is 0.00000162. The van der Waals surface area contributed by atoms with Gasteiger partial charge in [0.25, 0.3) is 0 Å². The first-order chi connectivity index (χ1) is 8.24. The number of ether oxygens (including phenoxy) is 1. The fourth-order valence-corrected chi connectivity index (χ4v) is 1.91. The number of amides is 1. The summed E-state index contributed by atoms with van der Waals surface area (Å²) < 4.78 is 5.31. The Hall–Kier alpha value is -1.10. The zero-order valence-corrected chi connectivity index (χ0v) is 11.3. The van der Waals surface area contributed by atoms with Gasteiger partial charge in [-0.2, -0.15) is 0 Å². The van der Waals surface area contributed by atoms with Gasteiger partial charge in [-0.3, -0.25) is 4.79 Å². The van der Waals surface area contributed by atoms with Crippen LogP contribution in [-0.4, -0.2) is 31.7 Å². The maximum Gasteiger partial charge on any atom is 0.226 e. The molecule has 0 bridgehead atoms. The molecule has 0 aromatic heterocycles. The Kier molecular flexibility index (Phi) is 6.12. The normalized spacial score (nSPS) is 18.8. The van der Waals surface area contributed by atoms with E-state index in [1.165, 1.54) is 0 Å². The van der Waals surface area contributed by atoms with Crippen molar-refractivity contribution in [3.63, 3.8) is 0 Å². The third kappa shape index (κ3) is 4.64. The van der Waals surface area contributed by atoms with Crippen molar-refractivity contribution in [2.24, 2.45) is 0 Å². The van der Waals surface area contributed by atoms with E-state index < -0.39 is 0 Å². The summed E-state index contributed by atoms with van der Waals surface area (Å²) in [6.45, 7) is 4.17. The van der Waals surface area contributed by atoms with E-state index in [0.717, 1.165) is 24.4 Å². The lowest BCUT2D eigenvalue weighted by Gasteiger charge is -2.23. The van der Waals surface area contributed by atoms with Crippen LogP contribution < -0.4 is 10.6 Å². The van der Waals surface area contributed by atoms with Crippen LogP contribution in [0, 0.1) is 6.92 Å². The summed E-state index contributed by atoms with van der Waals surface area (Å²) in [5.41, 5.74) is 1.99. The van der Waals surface area contributed by atoms with E-state index in [9.17, 15) is 4.79 Å². The lowest BCUT2D eigenvalue weighted by atomic mass is 10.1. The highest BCUT2D eigenvalue weighted by atomic mass is 35.5. The Labute approximate surface area is 114 Å². The fraction of sp³-hybridized carbons (Fsp3) is 0.462. The molecule has 0 aliphatic carbocycles. The zero-order chi connectivity index (χ0) is 12.1. The molecule has 5 heteroatoms. The van der Waals surface area contributed by atoms with E-state index in [-0.39, 0.29) is 24.4 Å². The molecule has 1 aromatic rings. The van der Waals surface area contributed by atoms with E-state index in [4.69, 9.17) is 4.74 Å². The Bertz CT molecular complexity index is 392. The van der Waals surface area contributed by atoms with Crippen LogP contribution in [0.15, 0.2) is 24.3 Å². The van der Waals surface area contributed by atoms with Gasteiger partial charge in [0, 0.05) is 24.7 Å². The molecule has 18 heavy (non-hydrogen) atoms. The van der Waals surface area contributed by atoms with Crippen molar-refractivity contribution < 1.29 is 9.53 Å². The lowest BCUT2D eigenvalue weighted by Crippen LogP contribution is -2.43. The van der Waals surface area contributed by atoms with E-state index in [1.807, 2.05) is 31.2 Å². The number of carbonyl (C=O) groups excluding carboxylic acids is 1. The van der Waals surface area contributed by atoms with Gasteiger partial charge in [-0.05, 0) is 24.6 Å². The van der Waals surface area contributed by atoms with Crippen molar-refractivity contribution in [3.05, 3.63) is 29.8 Å². The third-order valence-corrected chi connectivity index (χ3v) is 2.73. The highest BCUT2D eigenvalue weighted by Gasteiger charge is 2.16. The number of anilines is 1. The van der Waals surface area contributed by atoms with Gasteiger partial charge in [-0.1, -0.05) is 12.1 Å². The summed E-state index contributed by atoms with van der Waals surface area (Å²) in [6.07, 6.45) is 0.452. The summed E-state index contributed by atoms with van der Waals surface area (Å²) in [5.74, 6) is 0.0265. The van der Waals surface area contributed by atoms with Crippen LogP contribution in [-0.2, 0) is 9.53 Å². The number of aryl methyl sites for hydroxylation is 1. The summed E-state index contributed by atoms with van der Waals surface area (Å²) in [4.78, 5) is 11.8. The van der Waals surface area contributed by atoms with Crippen LogP contribution in [0.5, 0.6) is 0 Å². The summed E-state index contributed by atoms with van der Waals surface area (Å²) in [5, 5.41) is 6.16. The van der Waals surface area contributed by atoms with Crippen molar-refractivity contribution in [2.75, 3.05) is 25.1 Å². The molecule has 1 aliphatic rings. The number of halogens is 1. The number of rotatable bonds is 3. The van der Waals surface area contributed by atoms with Crippen molar-refractivity contribution in [3.8, 4) is 0 Å². The third-order valence-electron chi connectivity index (χ3n) is 2.73. The highest BCUT2D eigenvalue weighted by molar-refractivity contribution is 5.91. The largest absolute Gasteiger partial charge is 0.378 e. The topological polar surface area (TPSA) is 50.4 Å².